The van der Waals surface area contributed by atoms with E-state index in [1.807, 2.05) is 0 Å². The van der Waals surface area contributed by atoms with Crippen LogP contribution in [0.4, 0.5) is 0 Å². The molecule has 0 spiro atoms. The molecule has 0 radical (unpaired) electrons. The highest BCUT2D eigenvalue weighted by Crippen LogP contribution is 2.37. The third-order valence-electron chi connectivity index (χ3n) is 4.92. The minimum atomic E-state index is 0.215. The van der Waals surface area contributed by atoms with Gasteiger partial charge in [0.25, 0.3) is 0 Å². The summed E-state index contributed by atoms with van der Waals surface area (Å²) in [6.07, 6.45) is 8.94. The molecule has 2 fully saturated rings. The standard InChI is InChI=1S/C15H29NO2/c1-18-11-14-5-9-16(10-6-14)12-15(13-17)7-3-2-4-8-15/h14,17H,2-13H2,1H3. The van der Waals surface area contributed by atoms with Gasteiger partial charge in [-0.2, -0.15) is 0 Å². The van der Waals surface area contributed by atoms with E-state index in [4.69, 9.17) is 4.74 Å². The van der Waals surface area contributed by atoms with Crippen molar-refractivity contribution >= 4 is 0 Å². The van der Waals surface area contributed by atoms with Gasteiger partial charge in [-0.3, -0.25) is 0 Å². The molecule has 0 aromatic carbocycles. The van der Waals surface area contributed by atoms with Crippen molar-refractivity contribution in [2.75, 3.05) is 40.0 Å². The Morgan fingerprint density at radius 2 is 1.83 bits per heavy atom. The summed E-state index contributed by atoms with van der Waals surface area (Å²) in [5, 5.41) is 9.76. The van der Waals surface area contributed by atoms with Crippen LogP contribution in [0.3, 0.4) is 0 Å². The molecule has 3 heteroatoms. The molecule has 0 unspecified atom stereocenters. The van der Waals surface area contributed by atoms with E-state index in [1.165, 1.54) is 58.0 Å². The fourth-order valence-electron chi connectivity index (χ4n) is 3.69. The van der Waals surface area contributed by atoms with Crippen molar-refractivity contribution < 1.29 is 9.84 Å². The molecule has 1 saturated carbocycles. The summed E-state index contributed by atoms with van der Waals surface area (Å²) in [4.78, 5) is 2.58. The molecule has 1 aliphatic carbocycles. The van der Waals surface area contributed by atoms with E-state index in [1.54, 1.807) is 7.11 Å². The van der Waals surface area contributed by atoms with Crippen LogP contribution in [0.15, 0.2) is 0 Å². The minimum absolute atomic E-state index is 0.215. The van der Waals surface area contributed by atoms with Crippen molar-refractivity contribution in [1.29, 1.82) is 0 Å². The highest BCUT2D eigenvalue weighted by Gasteiger charge is 2.34. The van der Waals surface area contributed by atoms with Crippen LogP contribution in [0.1, 0.15) is 44.9 Å². The Morgan fingerprint density at radius 1 is 1.17 bits per heavy atom. The first-order valence-corrected chi connectivity index (χ1v) is 7.60. The summed E-state index contributed by atoms with van der Waals surface area (Å²) in [7, 11) is 1.80. The van der Waals surface area contributed by atoms with Gasteiger partial charge < -0.3 is 14.7 Å². The number of likely N-dealkylation sites (tertiary alicyclic amines) is 1. The lowest BCUT2D eigenvalue weighted by Gasteiger charge is -2.42. The summed E-state index contributed by atoms with van der Waals surface area (Å²) in [5.74, 6) is 0.752. The van der Waals surface area contributed by atoms with Gasteiger partial charge in [0, 0.05) is 32.3 Å². The second-order valence-corrected chi connectivity index (χ2v) is 6.39. The normalized spacial score (nSPS) is 26.3. The monoisotopic (exact) mass is 255 g/mol. The van der Waals surface area contributed by atoms with Crippen LogP contribution in [-0.2, 0) is 4.74 Å². The number of hydrogen-bond acceptors (Lipinski definition) is 3. The number of rotatable bonds is 5. The zero-order chi connectivity index (χ0) is 12.8. The highest BCUT2D eigenvalue weighted by atomic mass is 16.5. The molecule has 1 N–H and O–H groups in total. The Balaban J connectivity index is 1.79. The third-order valence-corrected chi connectivity index (χ3v) is 4.92. The average Bonchev–Trinajstić information content (AvgIpc) is 2.42. The molecule has 0 amide bonds. The second kappa shape index (κ2) is 6.88. The number of piperidine rings is 1. The van der Waals surface area contributed by atoms with E-state index in [0.29, 0.717) is 6.61 Å². The van der Waals surface area contributed by atoms with E-state index in [2.05, 4.69) is 4.90 Å². The SMILES string of the molecule is COCC1CCN(CC2(CO)CCCCC2)CC1. The summed E-state index contributed by atoms with van der Waals surface area (Å²) in [6, 6.07) is 0. The van der Waals surface area contributed by atoms with Crippen LogP contribution in [-0.4, -0.2) is 50.0 Å². The number of methoxy groups -OCH3 is 1. The van der Waals surface area contributed by atoms with E-state index < -0.39 is 0 Å². The van der Waals surface area contributed by atoms with Gasteiger partial charge in [-0.05, 0) is 44.7 Å². The smallest absolute Gasteiger partial charge is 0.0499 e. The van der Waals surface area contributed by atoms with Gasteiger partial charge in [-0.1, -0.05) is 19.3 Å². The maximum absolute atomic E-state index is 9.76. The molecule has 0 bridgehead atoms. The first-order valence-electron chi connectivity index (χ1n) is 7.60. The lowest BCUT2D eigenvalue weighted by Crippen LogP contribution is -2.45. The third kappa shape index (κ3) is 3.69. The molecule has 1 aliphatic heterocycles. The second-order valence-electron chi connectivity index (χ2n) is 6.39. The number of aliphatic hydroxyl groups excluding tert-OH is 1. The molecule has 2 aliphatic rings. The van der Waals surface area contributed by atoms with Gasteiger partial charge in [0.1, 0.15) is 0 Å². The van der Waals surface area contributed by atoms with Crippen LogP contribution < -0.4 is 0 Å². The first kappa shape index (κ1) is 14.3. The molecule has 0 aromatic rings. The number of ether oxygens (including phenoxy) is 1. The lowest BCUT2D eigenvalue weighted by atomic mass is 9.74. The van der Waals surface area contributed by atoms with E-state index in [0.717, 1.165) is 19.1 Å². The fourth-order valence-corrected chi connectivity index (χ4v) is 3.69. The molecule has 0 atom stereocenters. The van der Waals surface area contributed by atoms with Crippen LogP contribution in [0.2, 0.25) is 0 Å². The molecule has 1 saturated heterocycles. The Kier molecular flexibility index (Phi) is 5.46. The Bertz CT molecular complexity index is 231. The summed E-state index contributed by atoms with van der Waals surface area (Å²) in [6.45, 7) is 4.79. The molecule has 18 heavy (non-hydrogen) atoms. The number of nitrogens with zero attached hydrogens (tertiary/aromatic N) is 1. The van der Waals surface area contributed by atoms with Crippen molar-refractivity contribution in [2.45, 2.75) is 44.9 Å². The number of aliphatic hydroxyl groups is 1. The molecule has 3 nitrogen and oxygen atoms in total. The molecule has 106 valence electrons. The molecule has 0 aromatic heterocycles. The van der Waals surface area contributed by atoms with Gasteiger partial charge >= 0.3 is 0 Å². The van der Waals surface area contributed by atoms with Crippen molar-refractivity contribution in [3.8, 4) is 0 Å². The first-order chi connectivity index (χ1) is 8.78. The predicted octanol–water partition coefficient (Wildman–Crippen LogP) is 2.29. The topological polar surface area (TPSA) is 32.7 Å². The van der Waals surface area contributed by atoms with E-state index in [9.17, 15) is 5.11 Å². The highest BCUT2D eigenvalue weighted by molar-refractivity contribution is 4.86. The van der Waals surface area contributed by atoms with Gasteiger partial charge in [-0.25, -0.2) is 0 Å². The van der Waals surface area contributed by atoms with E-state index >= 15 is 0 Å². The van der Waals surface area contributed by atoms with Crippen molar-refractivity contribution in [3.05, 3.63) is 0 Å². The summed E-state index contributed by atoms with van der Waals surface area (Å²) >= 11 is 0. The van der Waals surface area contributed by atoms with Gasteiger partial charge in [0.15, 0.2) is 0 Å². The molecule has 2 rings (SSSR count). The predicted molar refractivity (Wildman–Crippen MR) is 73.6 cm³/mol. The Hall–Kier alpha value is -0.120. The Labute approximate surface area is 112 Å². The molecular weight excluding hydrogens is 226 g/mol. The summed E-state index contributed by atoms with van der Waals surface area (Å²) < 4.78 is 5.25. The fraction of sp³-hybridized carbons (Fsp3) is 1.00. The maximum atomic E-state index is 9.76. The quantitative estimate of drug-likeness (QED) is 0.818. The van der Waals surface area contributed by atoms with Gasteiger partial charge in [0.05, 0.1) is 0 Å². The van der Waals surface area contributed by atoms with Crippen molar-refractivity contribution in [2.24, 2.45) is 11.3 Å². The zero-order valence-electron chi connectivity index (χ0n) is 11.9. The van der Waals surface area contributed by atoms with Gasteiger partial charge in [0.2, 0.25) is 0 Å². The van der Waals surface area contributed by atoms with Gasteiger partial charge in [-0.15, -0.1) is 0 Å². The van der Waals surface area contributed by atoms with Crippen molar-refractivity contribution in [3.63, 3.8) is 0 Å². The average molecular weight is 255 g/mol. The van der Waals surface area contributed by atoms with Crippen molar-refractivity contribution in [1.82, 2.24) is 4.90 Å². The van der Waals surface area contributed by atoms with E-state index in [-0.39, 0.29) is 5.41 Å². The minimum Gasteiger partial charge on any atom is -0.396 e. The summed E-state index contributed by atoms with van der Waals surface area (Å²) in [5.41, 5.74) is 0.215. The van der Waals surface area contributed by atoms with Crippen LogP contribution >= 0.6 is 0 Å². The molecule has 1 heterocycles. The largest absolute Gasteiger partial charge is 0.396 e. The van der Waals surface area contributed by atoms with Crippen LogP contribution in [0.5, 0.6) is 0 Å². The number of hydrogen-bond donors (Lipinski definition) is 1. The molecular formula is C15H29NO2. The lowest BCUT2D eigenvalue weighted by molar-refractivity contribution is 0.0212. The van der Waals surface area contributed by atoms with Crippen LogP contribution in [0.25, 0.3) is 0 Å². The Morgan fingerprint density at radius 3 is 2.39 bits per heavy atom. The zero-order valence-corrected chi connectivity index (χ0v) is 11.9. The maximum Gasteiger partial charge on any atom is 0.0499 e. The van der Waals surface area contributed by atoms with Crippen LogP contribution in [0, 0.1) is 11.3 Å².